The normalized spacial score (nSPS) is 13.1. The number of fused-ring (bicyclic) bond motifs is 1. The van der Waals surface area contributed by atoms with Gasteiger partial charge >= 0.3 is 0 Å². The number of rotatable bonds is 3. The minimum Gasteiger partial charge on any atom is -0.508 e. The van der Waals surface area contributed by atoms with Gasteiger partial charge in [-0.25, -0.2) is 0 Å². The smallest absolute Gasteiger partial charge is 0.254 e. The molecule has 0 aliphatic carbocycles. The van der Waals surface area contributed by atoms with Crippen LogP contribution in [0, 0.1) is 6.92 Å². The molecule has 0 unspecified atom stereocenters. The van der Waals surface area contributed by atoms with Gasteiger partial charge in [0, 0.05) is 38.4 Å². The molecule has 0 atom stereocenters. The molecule has 4 rings (SSSR count). The van der Waals surface area contributed by atoms with Crippen LogP contribution in [0.3, 0.4) is 0 Å². The lowest BCUT2D eigenvalue weighted by Crippen LogP contribution is -2.36. The third-order valence-electron chi connectivity index (χ3n) is 5.69. The highest BCUT2D eigenvalue weighted by atomic mass is 16.3. The molecule has 1 N–H and O–H groups in total. The third-order valence-corrected chi connectivity index (χ3v) is 5.69. The molecular formula is C25H26N2O2. The summed E-state index contributed by atoms with van der Waals surface area (Å²) in [6.45, 7) is 3.24. The Balaban J connectivity index is 1.59. The highest BCUT2D eigenvalue weighted by molar-refractivity contribution is 5.94. The van der Waals surface area contributed by atoms with Crippen LogP contribution in [0.5, 0.6) is 5.75 Å². The number of hydrogen-bond donors (Lipinski definition) is 1. The number of carbonyl (C=O) groups excluding carboxylic acids is 1. The molecule has 0 aromatic heterocycles. The van der Waals surface area contributed by atoms with Gasteiger partial charge in [0.1, 0.15) is 5.75 Å². The van der Waals surface area contributed by atoms with Crippen LogP contribution in [0.2, 0.25) is 0 Å². The van der Waals surface area contributed by atoms with E-state index in [4.69, 9.17) is 0 Å². The van der Waals surface area contributed by atoms with Crippen LogP contribution in [-0.2, 0) is 13.0 Å². The summed E-state index contributed by atoms with van der Waals surface area (Å²) in [6, 6.07) is 19.8. The molecule has 3 aromatic rings. The van der Waals surface area contributed by atoms with Crippen molar-refractivity contribution in [1.29, 1.82) is 0 Å². The Hall–Kier alpha value is -3.27. The van der Waals surface area contributed by atoms with Crippen LogP contribution in [0.4, 0.5) is 5.69 Å². The lowest BCUT2D eigenvalue weighted by Gasteiger charge is -2.30. The number of hydrogen-bond acceptors (Lipinski definition) is 3. The zero-order chi connectivity index (χ0) is 20.5. The summed E-state index contributed by atoms with van der Waals surface area (Å²) < 4.78 is 0. The molecule has 0 spiro atoms. The molecule has 1 amide bonds. The zero-order valence-electron chi connectivity index (χ0n) is 17.1. The Morgan fingerprint density at radius 1 is 1.03 bits per heavy atom. The fraction of sp³-hybridized carbons (Fsp3) is 0.240. The van der Waals surface area contributed by atoms with E-state index >= 15 is 0 Å². The molecule has 0 saturated carbocycles. The van der Waals surface area contributed by atoms with Gasteiger partial charge in [-0.05, 0) is 77.6 Å². The number of nitrogens with zero attached hydrogens (tertiary/aromatic N) is 2. The molecule has 148 valence electrons. The molecule has 3 aromatic carbocycles. The summed E-state index contributed by atoms with van der Waals surface area (Å²) >= 11 is 0. The van der Waals surface area contributed by atoms with E-state index in [0.29, 0.717) is 18.8 Å². The van der Waals surface area contributed by atoms with E-state index < -0.39 is 0 Å². The maximum atomic E-state index is 13.0. The number of phenolic OH excluding ortho intramolecular Hbond substituents is 1. The van der Waals surface area contributed by atoms with Crippen molar-refractivity contribution in [2.75, 3.05) is 25.5 Å². The van der Waals surface area contributed by atoms with Gasteiger partial charge in [0.2, 0.25) is 0 Å². The second-order valence-electron chi connectivity index (χ2n) is 7.86. The van der Waals surface area contributed by atoms with Crippen LogP contribution in [-0.4, -0.2) is 36.6 Å². The van der Waals surface area contributed by atoms with E-state index in [1.807, 2.05) is 67.2 Å². The summed E-state index contributed by atoms with van der Waals surface area (Å²) in [5.41, 5.74) is 7.46. The zero-order valence-corrected chi connectivity index (χ0v) is 17.1. The largest absolute Gasteiger partial charge is 0.508 e. The predicted molar refractivity (Wildman–Crippen MR) is 117 cm³/mol. The van der Waals surface area contributed by atoms with Gasteiger partial charge in [0.25, 0.3) is 5.91 Å². The highest BCUT2D eigenvalue weighted by Crippen LogP contribution is 2.33. The summed E-state index contributed by atoms with van der Waals surface area (Å²) in [5, 5.41) is 9.83. The second kappa shape index (κ2) is 7.63. The van der Waals surface area contributed by atoms with E-state index in [-0.39, 0.29) is 5.91 Å². The summed E-state index contributed by atoms with van der Waals surface area (Å²) in [4.78, 5) is 17.0. The standard InChI is InChI=1S/C25H26N2O2/c1-17-15-19(9-12-24(17)28)22-6-4-5-20-16-27(14-13-23(20)22)25(29)18-7-10-21(11-8-18)26(2)3/h4-12,15,28H,13-14,16H2,1-3H3. The van der Waals surface area contributed by atoms with E-state index in [0.717, 1.165) is 28.8 Å². The van der Waals surface area contributed by atoms with Crippen molar-refractivity contribution in [3.63, 3.8) is 0 Å². The van der Waals surface area contributed by atoms with E-state index in [1.54, 1.807) is 6.07 Å². The quantitative estimate of drug-likeness (QED) is 0.714. The van der Waals surface area contributed by atoms with Crippen LogP contribution in [0.1, 0.15) is 27.0 Å². The molecule has 0 fully saturated rings. The number of benzene rings is 3. The average molecular weight is 386 g/mol. The second-order valence-corrected chi connectivity index (χ2v) is 7.86. The van der Waals surface area contributed by atoms with Gasteiger partial charge in [-0.1, -0.05) is 24.3 Å². The Labute approximate surface area is 172 Å². The fourth-order valence-electron chi connectivity index (χ4n) is 3.96. The topological polar surface area (TPSA) is 43.8 Å². The Bertz CT molecular complexity index is 1050. The van der Waals surface area contributed by atoms with E-state index in [1.165, 1.54) is 16.7 Å². The van der Waals surface area contributed by atoms with Crippen molar-refractivity contribution in [2.24, 2.45) is 0 Å². The maximum Gasteiger partial charge on any atom is 0.254 e. The molecule has 29 heavy (non-hydrogen) atoms. The Kier molecular flexibility index (Phi) is 5.01. The van der Waals surface area contributed by atoms with Crippen molar-refractivity contribution < 1.29 is 9.90 Å². The average Bonchev–Trinajstić information content (AvgIpc) is 2.74. The van der Waals surface area contributed by atoms with Crippen molar-refractivity contribution in [3.05, 3.63) is 82.9 Å². The number of aryl methyl sites for hydroxylation is 1. The van der Waals surface area contributed by atoms with Crippen molar-refractivity contribution in [1.82, 2.24) is 4.90 Å². The lowest BCUT2D eigenvalue weighted by molar-refractivity contribution is 0.0735. The summed E-state index contributed by atoms with van der Waals surface area (Å²) in [5.74, 6) is 0.391. The van der Waals surface area contributed by atoms with Gasteiger partial charge in [0.15, 0.2) is 0 Å². The van der Waals surface area contributed by atoms with E-state index in [2.05, 4.69) is 18.2 Å². The van der Waals surface area contributed by atoms with Crippen molar-refractivity contribution in [3.8, 4) is 16.9 Å². The summed E-state index contributed by atoms with van der Waals surface area (Å²) in [7, 11) is 3.98. The molecule has 4 nitrogen and oxygen atoms in total. The predicted octanol–water partition coefficient (Wildman–Crippen LogP) is 4.63. The van der Waals surface area contributed by atoms with Gasteiger partial charge < -0.3 is 14.9 Å². The first-order valence-corrected chi connectivity index (χ1v) is 9.91. The van der Waals surface area contributed by atoms with Crippen molar-refractivity contribution in [2.45, 2.75) is 19.9 Å². The van der Waals surface area contributed by atoms with Gasteiger partial charge in [-0.15, -0.1) is 0 Å². The van der Waals surface area contributed by atoms with E-state index in [9.17, 15) is 9.90 Å². The molecule has 0 bridgehead atoms. The van der Waals surface area contributed by atoms with Gasteiger partial charge in [-0.3, -0.25) is 4.79 Å². The molecule has 1 aliphatic rings. The van der Waals surface area contributed by atoms with Gasteiger partial charge in [0.05, 0.1) is 0 Å². The molecule has 1 heterocycles. The number of aromatic hydroxyl groups is 1. The SMILES string of the molecule is Cc1cc(-c2cccc3c2CCN(C(=O)c2ccc(N(C)C)cc2)C3)ccc1O. The maximum absolute atomic E-state index is 13.0. The summed E-state index contributed by atoms with van der Waals surface area (Å²) in [6.07, 6.45) is 0.826. The number of carbonyl (C=O) groups is 1. The fourth-order valence-corrected chi connectivity index (χ4v) is 3.96. The molecular weight excluding hydrogens is 360 g/mol. The molecule has 0 saturated heterocycles. The first kappa shape index (κ1) is 19.1. The van der Waals surface area contributed by atoms with Crippen LogP contribution < -0.4 is 4.90 Å². The van der Waals surface area contributed by atoms with Crippen LogP contribution in [0.15, 0.2) is 60.7 Å². The molecule has 4 heteroatoms. The first-order chi connectivity index (χ1) is 13.9. The number of amides is 1. The Morgan fingerprint density at radius 2 is 1.79 bits per heavy atom. The van der Waals surface area contributed by atoms with Crippen molar-refractivity contribution >= 4 is 11.6 Å². The first-order valence-electron chi connectivity index (χ1n) is 9.91. The number of phenols is 1. The lowest BCUT2D eigenvalue weighted by atomic mass is 9.90. The van der Waals surface area contributed by atoms with Crippen LogP contribution >= 0.6 is 0 Å². The molecule has 0 radical (unpaired) electrons. The highest BCUT2D eigenvalue weighted by Gasteiger charge is 2.23. The van der Waals surface area contributed by atoms with Gasteiger partial charge in [-0.2, -0.15) is 0 Å². The number of anilines is 1. The van der Waals surface area contributed by atoms with Crippen LogP contribution in [0.25, 0.3) is 11.1 Å². The minimum atomic E-state index is 0.0758. The minimum absolute atomic E-state index is 0.0758. The Morgan fingerprint density at radius 3 is 2.48 bits per heavy atom. The molecule has 1 aliphatic heterocycles. The monoisotopic (exact) mass is 386 g/mol. The third kappa shape index (κ3) is 3.70.